The third-order valence-electron chi connectivity index (χ3n) is 3.08. The molecule has 112 valence electrons. The van der Waals surface area contributed by atoms with Gasteiger partial charge in [0.25, 0.3) is 5.91 Å². The molecule has 0 saturated heterocycles. The fraction of sp³-hybridized carbons (Fsp3) is 0.312. The van der Waals surface area contributed by atoms with Gasteiger partial charge in [-0.25, -0.2) is 0 Å². The van der Waals surface area contributed by atoms with Crippen LogP contribution in [0.5, 0.6) is 5.75 Å². The largest absolute Gasteiger partial charge is 0.484 e. The maximum Gasteiger partial charge on any atom is 0.258 e. The molecule has 4 nitrogen and oxygen atoms in total. The Morgan fingerprint density at radius 3 is 2.67 bits per heavy atom. The summed E-state index contributed by atoms with van der Waals surface area (Å²) < 4.78 is 10.8. The van der Waals surface area contributed by atoms with E-state index in [2.05, 4.69) is 5.32 Å². The molecule has 0 aliphatic rings. The molecule has 0 fully saturated rings. The lowest BCUT2D eigenvalue weighted by molar-refractivity contribution is -0.123. The van der Waals surface area contributed by atoms with E-state index in [4.69, 9.17) is 9.47 Å². The first-order chi connectivity index (χ1) is 10.2. The van der Waals surface area contributed by atoms with Crippen molar-refractivity contribution in [3.8, 4) is 5.75 Å². The standard InChI is InChI=1S/C16H19NO3S/c1-12-3-5-14(6-4-12)20-10-16(18)17-9-15(19-2)13-7-8-21-11-13/h3-8,11,15H,9-10H2,1-2H3,(H,17,18). The summed E-state index contributed by atoms with van der Waals surface area (Å²) in [5, 5.41) is 6.83. The van der Waals surface area contributed by atoms with Gasteiger partial charge in [-0.1, -0.05) is 17.7 Å². The Morgan fingerprint density at radius 1 is 1.29 bits per heavy atom. The number of methoxy groups -OCH3 is 1. The molecule has 2 rings (SSSR count). The summed E-state index contributed by atoms with van der Waals surface area (Å²) in [5.41, 5.74) is 2.23. The van der Waals surface area contributed by atoms with E-state index in [9.17, 15) is 4.79 Å². The van der Waals surface area contributed by atoms with Gasteiger partial charge < -0.3 is 14.8 Å². The van der Waals surface area contributed by atoms with Crippen molar-refractivity contribution in [2.75, 3.05) is 20.3 Å². The van der Waals surface area contributed by atoms with Crippen LogP contribution in [0, 0.1) is 6.92 Å². The van der Waals surface area contributed by atoms with Gasteiger partial charge in [-0.05, 0) is 41.4 Å². The number of carbonyl (C=O) groups excluding carboxylic acids is 1. The smallest absolute Gasteiger partial charge is 0.258 e. The minimum Gasteiger partial charge on any atom is -0.484 e. The molecule has 0 saturated carbocycles. The Kier molecular flexibility index (Phi) is 5.78. The minimum absolute atomic E-state index is 0.00311. The lowest BCUT2D eigenvalue weighted by atomic mass is 10.2. The summed E-state index contributed by atoms with van der Waals surface area (Å²) in [7, 11) is 1.64. The van der Waals surface area contributed by atoms with E-state index >= 15 is 0 Å². The average molecular weight is 305 g/mol. The van der Waals surface area contributed by atoms with Gasteiger partial charge in [0.05, 0.1) is 0 Å². The van der Waals surface area contributed by atoms with Crippen molar-refractivity contribution in [3.05, 3.63) is 52.2 Å². The van der Waals surface area contributed by atoms with Crippen molar-refractivity contribution in [1.82, 2.24) is 5.32 Å². The van der Waals surface area contributed by atoms with Crippen LogP contribution in [0.3, 0.4) is 0 Å². The number of benzene rings is 1. The van der Waals surface area contributed by atoms with Crippen LogP contribution in [0.4, 0.5) is 0 Å². The van der Waals surface area contributed by atoms with Crippen molar-refractivity contribution in [1.29, 1.82) is 0 Å². The first-order valence-corrected chi connectivity index (χ1v) is 7.64. The Balaban J connectivity index is 1.75. The van der Waals surface area contributed by atoms with Gasteiger partial charge in [-0.3, -0.25) is 4.79 Å². The second-order valence-corrected chi connectivity index (χ2v) is 5.47. The Labute approximate surface area is 128 Å². The van der Waals surface area contributed by atoms with Crippen LogP contribution < -0.4 is 10.1 Å². The zero-order valence-electron chi connectivity index (χ0n) is 12.2. The number of ether oxygens (including phenoxy) is 2. The van der Waals surface area contributed by atoms with Gasteiger partial charge in [-0.15, -0.1) is 0 Å². The minimum atomic E-state index is -0.159. The molecule has 1 aromatic carbocycles. The fourth-order valence-corrected chi connectivity index (χ4v) is 2.54. The normalized spacial score (nSPS) is 11.9. The van der Waals surface area contributed by atoms with Gasteiger partial charge >= 0.3 is 0 Å². The zero-order chi connectivity index (χ0) is 15.1. The third-order valence-corrected chi connectivity index (χ3v) is 3.78. The van der Waals surface area contributed by atoms with E-state index in [0.29, 0.717) is 12.3 Å². The highest BCUT2D eigenvalue weighted by atomic mass is 32.1. The van der Waals surface area contributed by atoms with Crippen molar-refractivity contribution < 1.29 is 14.3 Å². The summed E-state index contributed by atoms with van der Waals surface area (Å²) in [5.74, 6) is 0.532. The number of amides is 1. The van der Waals surface area contributed by atoms with E-state index in [-0.39, 0.29) is 18.6 Å². The van der Waals surface area contributed by atoms with E-state index in [1.54, 1.807) is 18.4 Å². The van der Waals surface area contributed by atoms with E-state index in [0.717, 1.165) is 11.1 Å². The Morgan fingerprint density at radius 2 is 2.05 bits per heavy atom. The van der Waals surface area contributed by atoms with E-state index in [1.165, 1.54) is 0 Å². The quantitative estimate of drug-likeness (QED) is 0.855. The van der Waals surface area contributed by atoms with Gasteiger partial charge in [-0.2, -0.15) is 11.3 Å². The van der Waals surface area contributed by atoms with E-state index in [1.807, 2.05) is 48.0 Å². The summed E-state index contributed by atoms with van der Waals surface area (Å²) in [6, 6.07) is 9.60. The molecule has 1 heterocycles. The molecule has 5 heteroatoms. The average Bonchev–Trinajstić information content (AvgIpc) is 3.01. The summed E-state index contributed by atoms with van der Waals surface area (Å²) in [6.45, 7) is 2.44. The molecule has 1 amide bonds. The summed E-state index contributed by atoms with van der Waals surface area (Å²) >= 11 is 1.61. The zero-order valence-corrected chi connectivity index (χ0v) is 13.0. The van der Waals surface area contributed by atoms with Crippen LogP contribution in [0.2, 0.25) is 0 Å². The molecule has 1 atom stereocenters. The lowest BCUT2D eigenvalue weighted by Crippen LogP contribution is -2.32. The molecule has 0 aliphatic heterocycles. The second-order valence-electron chi connectivity index (χ2n) is 4.69. The lowest BCUT2D eigenvalue weighted by Gasteiger charge is -2.15. The topological polar surface area (TPSA) is 47.6 Å². The second kappa shape index (κ2) is 7.81. The van der Waals surface area contributed by atoms with Gasteiger partial charge in [0.2, 0.25) is 0 Å². The maximum absolute atomic E-state index is 11.8. The third kappa shape index (κ3) is 4.88. The molecular formula is C16H19NO3S. The highest BCUT2D eigenvalue weighted by Gasteiger charge is 2.12. The molecule has 1 unspecified atom stereocenters. The van der Waals surface area contributed by atoms with Crippen LogP contribution >= 0.6 is 11.3 Å². The SMILES string of the molecule is COC(CNC(=O)COc1ccc(C)cc1)c1ccsc1. The number of hydrogen-bond donors (Lipinski definition) is 1. The molecular weight excluding hydrogens is 286 g/mol. The Hall–Kier alpha value is -1.85. The monoisotopic (exact) mass is 305 g/mol. The van der Waals surface area contributed by atoms with Crippen LogP contribution in [0.15, 0.2) is 41.1 Å². The molecule has 0 bridgehead atoms. The van der Waals surface area contributed by atoms with Crippen LogP contribution in [0.25, 0.3) is 0 Å². The van der Waals surface area contributed by atoms with Gasteiger partial charge in [0.1, 0.15) is 11.9 Å². The van der Waals surface area contributed by atoms with Crippen molar-refractivity contribution >= 4 is 17.2 Å². The van der Waals surface area contributed by atoms with Crippen LogP contribution in [-0.2, 0) is 9.53 Å². The fourth-order valence-electron chi connectivity index (χ4n) is 1.84. The molecule has 0 radical (unpaired) electrons. The Bertz CT molecular complexity index is 551. The first kappa shape index (κ1) is 15.5. The summed E-state index contributed by atoms with van der Waals surface area (Å²) in [4.78, 5) is 11.8. The van der Waals surface area contributed by atoms with Crippen molar-refractivity contribution in [2.45, 2.75) is 13.0 Å². The molecule has 1 aromatic heterocycles. The van der Waals surface area contributed by atoms with Crippen molar-refractivity contribution in [2.24, 2.45) is 0 Å². The predicted octanol–water partition coefficient (Wildman–Crippen LogP) is 2.94. The molecule has 1 N–H and O–H groups in total. The van der Waals surface area contributed by atoms with E-state index < -0.39 is 0 Å². The first-order valence-electron chi connectivity index (χ1n) is 6.70. The van der Waals surface area contributed by atoms with Crippen LogP contribution in [-0.4, -0.2) is 26.2 Å². The number of aryl methyl sites for hydroxylation is 1. The van der Waals surface area contributed by atoms with Crippen molar-refractivity contribution in [3.63, 3.8) is 0 Å². The van der Waals surface area contributed by atoms with Gasteiger partial charge in [0.15, 0.2) is 6.61 Å². The van der Waals surface area contributed by atoms with Gasteiger partial charge in [0, 0.05) is 13.7 Å². The summed E-state index contributed by atoms with van der Waals surface area (Å²) in [6.07, 6.45) is -0.125. The number of hydrogen-bond acceptors (Lipinski definition) is 4. The number of nitrogens with one attached hydrogen (secondary N) is 1. The number of thiophene rings is 1. The molecule has 2 aromatic rings. The molecule has 0 spiro atoms. The maximum atomic E-state index is 11.8. The number of carbonyl (C=O) groups is 1. The predicted molar refractivity (Wildman–Crippen MR) is 83.8 cm³/mol. The highest BCUT2D eigenvalue weighted by Crippen LogP contribution is 2.18. The number of rotatable bonds is 7. The molecule has 0 aliphatic carbocycles. The van der Waals surface area contributed by atoms with Crippen LogP contribution in [0.1, 0.15) is 17.2 Å². The highest BCUT2D eigenvalue weighted by molar-refractivity contribution is 7.07. The molecule has 21 heavy (non-hydrogen) atoms.